The molecule has 0 bridgehead atoms. The molecular weight excluding hydrogens is 299 g/mol. The molecule has 3 nitrogen and oxygen atoms in total. The van der Waals surface area contributed by atoms with Crippen molar-refractivity contribution in [2.24, 2.45) is 5.92 Å². The predicted octanol–water partition coefficient (Wildman–Crippen LogP) is 3.42. The van der Waals surface area contributed by atoms with Gasteiger partial charge in [-0.15, -0.1) is 11.3 Å². The molecule has 22 heavy (non-hydrogen) atoms. The van der Waals surface area contributed by atoms with Crippen LogP contribution in [0.25, 0.3) is 10.1 Å². The molecule has 1 aliphatic heterocycles. The number of carbonyl (C=O) groups is 1. The van der Waals surface area contributed by atoms with Crippen molar-refractivity contribution in [1.82, 2.24) is 10.2 Å². The molecule has 0 radical (unpaired) electrons. The van der Waals surface area contributed by atoms with E-state index in [1.807, 2.05) is 24.9 Å². The number of piperidine rings is 1. The van der Waals surface area contributed by atoms with Gasteiger partial charge in [0.2, 0.25) is 0 Å². The van der Waals surface area contributed by atoms with Crippen LogP contribution in [0.15, 0.2) is 18.2 Å². The van der Waals surface area contributed by atoms with Gasteiger partial charge in [-0.3, -0.25) is 4.79 Å². The summed E-state index contributed by atoms with van der Waals surface area (Å²) in [5.74, 6) is 0.467. The number of likely N-dealkylation sites (tertiary alicyclic amines) is 1. The van der Waals surface area contributed by atoms with E-state index in [1.165, 1.54) is 17.4 Å². The minimum atomic E-state index is -0.238. The van der Waals surface area contributed by atoms with E-state index in [2.05, 4.69) is 5.32 Å². The van der Waals surface area contributed by atoms with Gasteiger partial charge in [0, 0.05) is 23.2 Å². The summed E-state index contributed by atoms with van der Waals surface area (Å²) in [6.07, 6.45) is 2.07. The molecule has 1 fully saturated rings. The maximum absolute atomic E-state index is 14.0. The normalized spacial score (nSPS) is 16.4. The van der Waals surface area contributed by atoms with Crippen molar-refractivity contribution >= 4 is 27.3 Å². The second-order valence-corrected chi connectivity index (χ2v) is 7.01. The first kappa shape index (κ1) is 15.4. The Balaban J connectivity index is 1.81. The Hall–Kier alpha value is -1.46. The monoisotopic (exact) mass is 320 g/mol. The summed E-state index contributed by atoms with van der Waals surface area (Å²) >= 11 is 1.41. The van der Waals surface area contributed by atoms with E-state index in [0.29, 0.717) is 16.2 Å². The van der Waals surface area contributed by atoms with E-state index in [-0.39, 0.29) is 11.7 Å². The van der Waals surface area contributed by atoms with Gasteiger partial charge >= 0.3 is 0 Å². The fraction of sp³-hybridized carbons (Fsp3) is 0.471. The second kappa shape index (κ2) is 6.34. The fourth-order valence-corrected chi connectivity index (χ4v) is 4.42. The molecule has 1 saturated heterocycles. The van der Waals surface area contributed by atoms with Crippen molar-refractivity contribution in [2.75, 3.05) is 26.7 Å². The van der Waals surface area contributed by atoms with Crippen LogP contribution in [0.4, 0.5) is 4.39 Å². The number of hydrogen-bond donors (Lipinski definition) is 1. The largest absolute Gasteiger partial charge is 0.338 e. The zero-order valence-corrected chi connectivity index (χ0v) is 13.8. The summed E-state index contributed by atoms with van der Waals surface area (Å²) < 4.78 is 14.8. The molecular formula is C17H21FN2OS. The highest BCUT2D eigenvalue weighted by Gasteiger charge is 2.26. The lowest BCUT2D eigenvalue weighted by Gasteiger charge is -2.31. The number of fused-ring (bicyclic) bond motifs is 1. The number of amides is 1. The van der Waals surface area contributed by atoms with Crippen LogP contribution in [0, 0.1) is 18.7 Å². The summed E-state index contributed by atoms with van der Waals surface area (Å²) in [5, 5.41) is 3.80. The van der Waals surface area contributed by atoms with Gasteiger partial charge in [0.15, 0.2) is 0 Å². The van der Waals surface area contributed by atoms with Gasteiger partial charge in [-0.05, 0) is 57.0 Å². The molecule has 0 saturated carbocycles. The number of nitrogens with zero attached hydrogens (tertiary/aromatic N) is 1. The van der Waals surface area contributed by atoms with E-state index in [9.17, 15) is 9.18 Å². The van der Waals surface area contributed by atoms with Crippen LogP contribution < -0.4 is 5.32 Å². The molecule has 2 aromatic rings. The molecule has 0 atom stereocenters. The van der Waals surface area contributed by atoms with Crippen LogP contribution >= 0.6 is 11.3 Å². The molecule has 1 amide bonds. The van der Waals surface area contributed by atoms with Gasteiger partial charge in [0.05, 0.1) is 4.88 Å². The molecule has 1 aliphatic rings. The number of thiophene rings is 1. The van der Waals surface area contributed by atoms with Crippen LogP contribution in [0.5, 0.6) is 0 Å². The summed E-state index contributed by atoms with van der Waals surface area (Å²) in [7, 11) is 1.96. The van der Waals surface area contributed by atoms with E-state index >= 15 is 0 Å². The number of nitrogens with one attached hydrogen (secondary N) is 1. The van der Waals surface area contributed by atoms with Crippen molar-refractivity contribution in [3.8, 4) is 0 Å². The number of hydrogen-bond acceptors (Lipinski definition) is 3. The van der Waals surface area contributed by atoms with E-state index < -0.39 is 0 Å². The molecule has 2 heterocycles. The third-order valence-corrected chi connectivity index (χ3v) is 5.74. The molecule has 1 N–H and O–H groups in total. The molecule has 1 aromatic heterocycles. The molecule has 118 valence electrons. The van der Waals surface area contributed by atoms with Crippen molar-refractivity contribution < 1.29 is 9.18 Å². The van der Waals surface area contributed by atoms with Crippen LogP contribution in [-0.2, 0) is 0 Å². The first-order chi connectivity index (χ1) is 10.6. The lowest BCUT2D eigenvalue weighted by Crippen LogP contribution is -2.40. The third-order valence-electron chi connectivity index (χ3n) is 4.49. The minimum Gasteiger partial charge on any atom is -0.338 e. The molecule has 3 rings (SSSR count). The molecule has 0 aliphatic carbocycles. The first-order valence-electron chi connectivity index (χ1n) is 7.73. The quantitative estimate of drug-likeness (QED) is 0.940. The van der Waals surface area contributed by atoms with Gasteiger partial charge in [-0.25, -0.2) is 4.39 Å². The summed E-state index contributed by atoms with van der Waals surface area (Å²) in [4.78, 5) is 15.4. The highest BCUT2D eigenvalue weighted by molar-refractivity contribution is 7.21. The van der Waals surface area contributed by atoms with E-state index in [4.69, 9.17) is 0 Å². The van der Waals surface area contributed by atoms with Gasteiger partial charge in [0.25, 0.3) is 5.91 Å². The third kappa shape index (κ3) is 2.75. The number of aryl methyl sites for hydroxylation is 1. The topological polar surface area (TPSA) is 32.3 Å². The summed E-state index contributed by atoms with van der Waals surface area (Å²) in [5.41, 5.74) is 0.778. The lowest BCUT2D eigenvalue weighted by atomic mass is 9.96. The standard InChI is InChI=1S/C17H21FN2OS/c1-11-15-13(18)4-3-5-14(15)22-16(11)17(21)20-8-6-12(7-9-20)10-19-2/h3-5,12,19H,6-10H2,1-2H3. The summed E-state index contributed by atoms with van der Waals surface area (Å²) in [6.45, 7) is 4.45. The van der Waals surface area contributed by atoms with Crippen LogP contribution in [0.1, 0.15) is 28.1 Å². The fourth-order valence-electron chi connectivity index (χ4n) is 3.23. The van der Waals surface area contributed by atoms with Gasteiger partial charge in [-0.2, -0.15) is 0 Å². The highest BCUT2D eigenvalue weighted by atomic mass is 32.1. The van der Waals surface area contributed by atoms with Crippen molar-refractivity contribution in [3.63, 3.8) is 0 Å². The Morgan fingerprint density at radius 1 is 1.41 bits per heavy atom. The van der Waals surface area contributed by atoms with Crippen LogP contribution in [-0.4, -0.2) is 37.5 Å². The Labute approximate surface area is 134 Å². The van der Waals surface area contributed by atoms with Crippen LogP contribution in [0.3, 0.4) is 0 Å². The Kier molecular flexibility index (Phi) is 4.45. The first-order valence-corrected chi connectivity index (χ1v) is 8.55. The van der Waals surface area contributed by atoms with Crippen molar-refractivity contribution in [3.05, 3.63) is 34.5 Å². The smallest absolute Gasteiger partial charge is 0.264 e. The maximum Gasteiger partial charge on any atom is 0.264 e. The van der Waals surface area contributed by atoms with Gasteiger partial charge in [0.1, 0.15) is 5.82 Å². The zero-order chi connectivity index (χ0) is 15.7. The summed E-state index contributed by atoms with van der Waals surface area (Å²) in [6, 6.07) is 5.04. The number of carbonyl (C=O) groups excluding carboxylic acids is 1. The zero-order valence-electron chi connectivity index (χ0n) is 13.0. The molecule has 1 aromatic carbocycles. The lowest BCUT2D eigenvalue weighted by molar-refractivity contribution is 0.0695. The Bertz CT molecular complexity index is 689. The van der Waals surface area contributed by atoms with Gasteiger partial charge in [-0.1, -0.05) is 6.07 Å². The molecule has 5 heteroatoms. The maximum atomic E-state index is 14.0. The van der Waals surface area contributed by atoms with Crippen molar-refractivity contribution in [1.29, 1.82) is 0 Å². The van der Waals surface area contributed by atoms with Crippen molar-refractivity contribution in [2.45, 2.75) is 19.8 Å². The average Bonchev–Trinajstić information content (AvgIpc) is 2.86. The Morgan fingerprint density at radius 3 is 2.77 bits per heavy atom. The van der Waals surface area contributed by atoms with Crippen LogP contribution in [0.2, 0.25) is 0 Å². The molecule has 0 unspecified atom stereocenters. The second-order valence-electron chi connectivity index (χ2n) is 5.96. The number of rotatable bonds is 3. The predicted molar refractivity (Wildman–Crippen MR) is 89.1 cm³/mol. The number of benzene rings is 1. The number of halogens is 1. The Morgan fingerprint density at radius 2 is 2.14 bits per heavy atom. The van der Waals surface area contributed by atoms with Gasteiger partial charge < -0.3 is 10.2 Å². The molecule has 0 spiro atoms. The SMILES string of the molecule is CNCC1CCN(C(=O)c2sc3cccc(F)c3c2C)CC1. The van der Waals surface area contributed by atoms with E-state index in [1.54, 1.807) is 6.07 Å². The highest BCUT2D eigenvalue weighted by Crippen LogP contribution is 2.34. The average molecular weight is 320 g/mol. The minimum absolute atomic E-state index is 0.0565. The van der Waals surface area contributed by atoms with E-state index in [0.717, 1.165) is 42.7 Å².